The summed E-state index contributed by atoms with van der Waals surface area (Å²) in [7, 11) is 0. The summed E-state index contributed by atoms with van der Waals surface area (Å²) in [6.45, 7) is 2.85. The largest absolute Gasteiger partial charge is 0.393 e. The summed E-state index contributed by atoms with van der Waals surface area (Å²) in [4.78, 5) is 25.7. The second kappa shape index (κ2) is 30.0. The lowest BCUT2D eigenvalue weighted by Crippen LogP contribution is -2.47. The Morgan fingerprint density at radius 2 is 0.952 bits per heavy atom. The van der Waals surface area contributed by atoms with Gasteiger partial charge in [0.1, 0.15) is 5.78 Å². The van der Waals surface area contributed by atoms with Crippen LogP contribution in [0.1, 0.15) is 187 Å². The maximum atomic E-state index is 13.1. The van der Waals surface area contributed by atoms with E-state index in [0.717, 1.165) is 51.4 Å². The van der Waals surface area contributed by atoms with Crippen molar-refractivity contribution in [3.05, 3.63) is 12.2 Å². The molecule has 0 rings (SSSR count). The molecule has 42 heavy (non-hydrogen) atoms. The van der Waals surface area contributed by atoms with E-state index in [0.29, 0.717) is 12.8 Å². The monoisotopic (exact) mass is 595 g/mol. The lowest BCUT2D eigenvalue weighted by Gasteiger charge is -2.24. The normalized spacial score (nSPS) is 12.8. The van der Waals surface area contributed by atoms with Crippen LogP contribution in [-0.2, 0) is 9.59 Å². The van der Waals surface area contributed by atoms with Crippen LogP contribution in [0.5, 0.6) is 0 Å². The fourth-order valence-corrected chi connectivity index (χ4v) is 5.65. The maximum absolute atomic E-state index is 13.1. The molecule has 0 amide bonds. The predicted octanol–water partition coefficient (Wildman–Crippen LogP) is 9.59. The molecular weight excluding hydrogens is 524 g/mol. The van der Waals surface area contributed by atoms with E-state index in [1.807, 2.05) is 0 Å². The number of allylic oxidation sites excluding steroid dienone is 2. The Bertz CT molecular complexity index is 640. The smallest absolute Gasteiger partial charge is 0.169 e. The number of unbranched alkanes of at least 4 members (excludes halogenated alkanes) is 21. The van der Waals surface area contributed by atoms with E-state index in [4.69, 9.17) is 0 Å². The fraction of sp³-hybridized carbons (Fsp3) is 0.892. The molecular formula is C37H70O5. The fourth-order valence-electron chi connectivity index (χ4n) is 5.65. The Morgan fingerprint density at radius 1 is 0.571 bits per heavy atom. The van der Waals surface area contributed by atoms with Crippen LogP contribution in [0.15, 0.2) is 12.2 Å². The summed E-state index contributed by atoms with van der Waals surface area (Å²) >= 11 is 0. The van der Waals surface area contributed by atoms with E-state index in [1.165, 1.54) is 103 Å². The first-order valence-electron chi connectivity index (χ1n) is 18.1. The van der Waals surface area contributed by atoms with Crippen LogP contribution in [0.3, 0.4) is 0 Å². The third-order valence-electron chi connectivity index (χ3n) is 8.77. The van der Waals surface area contributed by atoms with Gasteiger partial charge >= 0.3 is 0 Å². The first-order valence-corrected chi connectivity index (χ1v) is 18.1. The van der Waals surface area contributed by atoms with Crippen molar-refractivity contribution in [3.63, 3.8) is 0 Å². The molecule has 5 nitrogen and oxygen atoms in total. The molecule has 0 aliphatic carbocycles. The maximum Gasteiger partial charge on any atom is 0.169 e. The number of hydrogen-bond donors (Lipinski definition) is 3. The van der Waals surface area contributed by atoms with E-state index < -0.39 is 30.5 Å². The third kappa shape index (κ3) is 23.4. The minimum atomic E-state index is -2.16. The molecule has 0 aromatic carbocycles. The Morgan fingerprint density at radius 3 is 1.38 bits per heavy atom. The van der Waals surface area contributed by atoms with E-state index >= 15 is 0 Å². The van der Waals surface area contributed by atoms with Gasteiger partial charge in [0.15, 0.2) is 11.4 Å². The van der Waals surface area contributed by atoms with Crippen molar-refractivity contribution in [1.29, 1.82) is 0 Å². The van der Waals surface area contributed by atoms with Crippen LogP contribution in [0, 0.1) is 5.92 Å². The number of rotatable bonds is 33. The zero-order valence-corrected chi connectivity index (χ0v) is 27.9. The van der Waals surface area contributed by atoms with Crippen LogP contribution in [0.4, 0.5) is 0 Å². The molecule has 5 heteroatoms. The third-order valence-corrected chi connectivity index (χ3v) is 8.77. The lowest BCUT2D eigenvalue weighted by molar-refractivity contribution is -0.149. The highest BCUT2D eigenvalue weighted by Gasteiger charge is 2.36. The quantitative estimate of drug-likeness (QED) is 0.0519. The van der Waals surface area contributed by atoms with Gasteiger partial charge in [-0.2, -0.15) is 0 Å². The number of carbonyl (C=O) groups excluding carboxylic acids is 2. The minimum absolute atomic E-state index is 0.0866. The van der Waals surface area contributed by atoms with Crippen molar-refractivity contribution in [1.82, 2.24) is 0 Å². The van der Waals surface area contributed by atoms with Gasteiger partial charge in [-0.3, -0.25) is 9.59 Å². The molecule has 1 atom stereocenters. The average Bonchev–Trinajstić information content (AvgIpc) is 3.00. The molecule has 0 saturated carbocycles. The highest BCUT2D eigenvalue weighted by Crippen LogP contribution is 2.23. The van der Waals surface area contributed by atoms with Crippen LogP contribution < -0.4 is 0 Å². The summed E-state index contributed by atoms with van der Waals surface area (Å²) < 4.78 is 0. The first kappa shape index (κ1) is 41.0. The molecule has 0 aliphatic rings. The lowest BCUT2D eigenvalue weighted by atomic mass is 9.84. The molecule has 0 aliphatic heterocycles. The molecule has 248 valence electrons. The van der Waals surface area contributed by atoms with Crippen molar-refractivity contribution < 1.29 is 24.9 Å². The molecule has 0 aromatic rings. The Hall–Kier alpha value is -1.04. The molecule has 0 aromatic heterocycles. The van der Waals surface area contributed by atoms with E-state index in [1.54, 1.807) is 0 Å². The first-order chi connectivity index (χ1) is 20.4. The number of aliphatic hydroxyl groups excluding tert-OH is 2. The van der Waals surface area contributed by atoms with Gasteiger partial charge in [-0.05, 0) is 38.5 Å². The molecule has 0 bridgehead atoms. The van der Waals surface area contributed by atoms with E-state index in [9.17, 15) is 24.9 Å². The zero-order valence-electron chi connectivity index (χ0n) is 27.9. The Balaban J connectivity index is 4.26. The van der Waals surface area contributed by atoms with Gasteiger partial charge in [0, 0.05) is 18.8 Å². The Kier molecular flexibility index (Phi) is 29.3. The number of aliphatic hydroxyl groups is 3. The molecule has 0 heterocycles. The molecule has 0 fully saturated rings. The highest BCUT2D eigenvalue weighted by atomic mass is 16.4. The highest BCUT2D eigenvalue weighted by molar-refractivity contribution is 5.92. The van der Waals surface area contributed by atoms with Gasteiger partial charge in [-0.25, -0.2) is 0 Å². The van der Waals surface area contributed by atoms with E-state index in [2.05, 4.69) is 26.0 Å². The van der Waals surface area contributed by atoms with Crippen LogP contribution in [-0.4, -0.2) is 45.7 Å². The van der Waals surface area contributed by atoms with Gasteiger partial charge in [0.05, 0.1) is 13.2 Å². The van der Waals surface area contributed by atoms with Gasteiger partial charge in [-0.1, -0.05) is 148 Å². The average molecular weight is 595 g/mol. The zero-order chi connectivity index (χ0) is 31.2. The molecule has 0 radical (unpaired) electrons. The number of hydrogen-bond acceptors (Lipinski definition) is 5. The van der Waals surface area contributed by atoms with Crippen molar-refractivity contribution in [2.24, 2.45) is 5.92 Å². The van der Waals surface area contributed by atoms with Gasteiger partial charge in [0.25, 0.3) is 0 Å². The van der Waals surface area contributed by atoms with E-state index in [-0.39, 0.29) is 12.2 Å². The summed E-state index contributed by atoms with van der Waals surface area (Å²) in [6.07, 6.45) is 34.9. The molecule has 3 N–H and O–H groups in total. The van der Waals surface area contributed by atoms with Crippen LogP contribution >= 0.6 is 0 Å². The topological polar surface area (TPSA) is 94.8 Å². The number of ketones is 2. The second-order valence-electron chi connectivity index (χ2n) is 12.8. The van der Waals surface area contributed by atoms with Crippen LogP contribution in [0.25, 0.3) is 0 Å². The second-order valence-corrected chi connectivity index (χ2v) is 12.8. The predicted molar refractivity (Wildman–Crippen MR) is 178 cm³/mol. The van der Waals surface area contributed by atoms with Crippen molar-refractivity contribution >= 4 is 11.6 Å². The standard InChI is InChI=1S/C37H70O5/c1-3-5-7-9-11-13-15-17-19-21-23-25-27-29-34(31-36(41)37(42,32-38)33-39)35(40)30-28-26-24-22-20-18-16-14-12-10-8-6-4-2/h17,19,34,38-39,42H,3-16,18,20-33H2,1-2H3. The van der Waals surface area contributed by atoms with Crippen molar-refractivity contribution in [2.75, 3.05) is 13.2 Å². The number of Topliss-reactive ketones (excluding diaryl/α,β-unsaturated/α-hetero) is 2. The SMILES string of the molecule is CCCCCCCCC=CCCCCCC(CC(=O)C(O)(CO)CO)C(=O)CCCCCCCCCCCCCCC. The number of carbonyl (C=O) groups is 2. The summed E-state index contributed by atoms with van der Waals surface area (Å²) in [5, 5.41) is 29.1. The van der Waals surface area contributed by atoms with Gasteiger partial charge in [-0.15, -0.1) is 0 Å². The summed E-state index contributed by atoms with van der Waals surface area (Å²) in [5.74, 6) is -0.986. The Labute approximate surface area is 260 Å². The summed E-state index contributed by atoms with van der Waals surface area (Å²) in [5.41, 5.74) is -2.16. The van der Waals surface area contributed by atoms with Crippen molar-refractivity contribution in [3.8, 4) is 0 Å². The van der Waals surface area contributed by atoms with Crippen LogP contribution in [0.2, 0.25) is 0 Å². The molecule has 1 unspecified atom stereocenters. The van der Waals surface area contributed by atoms with Gasteiger partial charge < -0.3 is 15.3 Å². The molecule has 0 saturated heterocycles. The van der Waals surface area contributed by atoms with Gasteiger partial charge in [0.2, 0.25) is 0 Å². The minimum Gasteiger partial charge on any atom is -0.393 e. The van der Waals surface area contributed by atoms with Crippen molar-refractivity contribution in [2.45, 2.75) is 193 Å². The summed E-state index contributed by atoms with van der Waals surface area (Å²) in [6, 6.07) is 0. The molecule has 0 spiro atoms.